The molecular formula is C24H26N4O3S. The quantitative estimate of drug-likeness (QED) is 0.511. The van der Waals surface area contributed by atoms with Gasteiger partial charge in [-0.05, 0) is 35.6 Å². The molecule has 0 aliphatic carbocycles. The number of carbonyl (C=O) groups excluding carboxylic acids is 3. The maximum absolute atomic E-state index is 13.1. The van der Waals surface area contributed by atoms with E-state index >= 15 is 0 Å². The minimum Gasteiger partial charge on any atom is -0.324 e. The van der Waals surface area contributed by atoms with E-state index in [-0.39, 0.29) is 11.2 Å². The summed E-state index contributed by atoms with van der Waals surface area (Å²) < 4.78 is 0. The van der Waals surface area contributed by atoms with Crippen LogP contribution in [0.4, 0.5) is 10.5 Å². The third kappa shape index (κ3) is 4.78. The van der Waals surface area contributed by atoms with Gasteiger partial charge in [-0.25, -0.2) is 4.79 Å². The fourth-order valence-electron chi connectivity index (χ4n) is 3.48. The standard InChI is InChI=1S/C24H26N4O3S/c1-23(2,3)16-9-11-17(12-10-16)24(4)21(30)28(22(31)27-24)15-20(29)26-18-7-5-6-8-19(18)32-14-13-25/h5-12H,14-15H2,1-4H3,(H,26,29)(H,27,31). The Labute approximate surface area is 192 Å². The number of imide groups is 1. The molecule has 3 rings (SSSR count). The fourth-order valence-corrected chi connectivity index (χ4v) is 4.15. The first-order valence-corrected chi connectivity index (χ1v) is 11.2. The zero-order valence-corrected chi connectivity index (χ0v) is 19.4. The molecule has 1 atom stereocenters. The first-order valence-electron chi connectivity index (χ1n) is 10.2. The summed E-state index contributed by atoms with van der Waals surface area (Å²) in [5.41, 5.74) is 1.03. The van der Waals surface area contributed by atoms with Crippen LogP contribution in [0.2, 0.25) is 0 Å². The summed E-state index contributed by atoms with van der Waals surface area (Å²) in [5, 5.41) is 14.3. The molecule has 1 heterocycles. The lowest BCUT2D eigenvalue weighted by atomic mass is 9.84. The zero-order valence-electron chi connectivity index (χ0n) is 18.6. The summed E-state index contributed by atoms with van der Waals surface area (Å²) in [6.45, 7) is 7.54. The number of anilines is 1. The van der Waals surface area contributed by atoms with E-state index in [0.717, 1.165) is 15.4 Å². The minimum absolute atomic E-state index is 0.0334. The Hall–Kier alpha value is -3.31. The monoisotopic (exact) mass is 450 g/mol. The van der Waals surface area contributed by atoms with E-state index in [1.54, 1.807) is 25.1 Å². The van der Waals surface area contributed by atoms with Gasteiger partial charge in [0, 0.05) is 4.90 Å². The van der Waals surface area contributed by atoms with E-state index < -0.39 is 29.9 Å². The molecule has 0 bridgehead atoms. The van der Waals surface area contributed by atoms with Crippen LogP contribution in [0.25, 0.3) is 0 Å². The molecule has 0 aromatic heterocycles. The highest BCUT2D eigenvalue weighted by Crippen LogP contribution is 2.31. The Balaban J connectivity index is 1.74. The number of thioether (sulfide) groups is 1. The molecule has 0 radical (unpaired) electrons. The van der Waals surface area contributed by atoms with Crippen molar-refractivity contribution in [3.05, 3.63) is 59.7 Å². The SMILES string of the molecule is CC(C)(C)c1ccc(C2(C)NC(=O)N(CC(=O)Nc3ccccc3SCC#N)C2=O)cc1. The molecule has 166 valence electrons. The van der Waals surface area contributed by atoms with E-state index in [4.69, 9.17) is 5.26 Å². The van der Waals surface area contributed by atoms with E-state index in [1.807, 2.05) is 36.4 Å². The van der Waals surface area contributed by atoms with Gasteiger partial charge in [0.15, 0.2) is 0 Å². The molecule has 1 saturated heterocycles. The lowest BCUT2D eigenvalue weighted by Gasteiger charge is -2.24. The minimum atomic E-state index is -1.24. The Morgan fingerprint density at radius 2 is 1.81 bits per heavy atom. The van der Waals surface area contributed by atoms with Crippen LogP contribution in [0.3, 0.4) is 0 Å². The van der Waals surface area contributed by atoms with Crippen molar-refractivity contribution in [3.8, 4) is 6.07 Å². The number of nitriles is 1. The summed E-state index contributed by atoms with van der Waals surface area (Å²) in [6, 6.07) is 16.1. The zero-order chi connectivity index (χ0) is 23.5. The van der Waals surface area contributed by atoms with E-state index in [0.29, 0.717) is 11.3 Å². The van der Waals surface area contributed by atoms with Crippen molar-refractivity contribution in [3.63, 3.8) is 0 Å². The Morgan fingerprint density at radius 1 is 1.16 bits per heavy atom. The molecule has 0 spiro atoms. The normalized spacial score (nSPS) is 18.3. The fraction of sp³-hybridized carbons (Fsp3) is 0.333. The first-order chi connectivity index (χ1) is 15.1. The number of urea groups is 1. The molecule has 8 heteroatoms. The Morgan fingerprint density at radius 3 is 2.44 bits per heavy atom. The van der Waals surface area contributed by atoms with E-state index in [1.165, 1.54) is 11.8 Å². The van der Waals surface area contributed by atoms with Gasteiger partial charge >= 0.3 is 6.03 Å². The van der Waals surface area contributed by atoms with Gasteiger partial charge in [0.2, 0.25) is 5.91 Å². The molecule has 1 aliphatic rings. The van der Waals surface area contributed by atoms with E-state index in [2.05, 4.69) is 31.4 Å². The van der Waals surface area contributed by atoms with Crippen LogP contribution in [-0.4, -0.2) is 35.0 Å². The Bertz CT molecular complexity index is 1090. The number of rotatable bonds is 6. The highest BCUT2D eigenvalue weighted by atomic mass is 32.2. The number of para-hydroxylation sites is 1. The molecule has 1 fully saturated rings. The van der Waals surface area contributed by atoms with Crippen LogP contribution in [0.1, 0.15) is 38.8 Å². The van der Waals surface area contributed by atoms with Crippen LogP contribution in [0.5, 0.6) is 0 Å². The van der Waals surface area contributed by atoms with Gasteiger partial charge < -0.3 is 10.6 Å². The molecule has 1 aliphatic heterocycles. The third-order valence-electron chi connectivity index (χ3n) is 5.36. The van der Waals surface area contributed by atoms with Crippen LogP contribution in [0, 0.1) is 11.3 Å². The molecule has 2 N–H and O–H groups in total. The molecule has 2 aromatic carbocycles. The van der Waals surface area contributed by atoms with Crippen molar-refractivity contribution in [1.29, 1.82) is 5.26 Å². The van der Waals surface area contributed by atoms with Crippen molar-refractivity contribution in [2.24, 2.45) is 0 Å². The van der Waals surface area contributed by atoms with Crippen LogP contribution in [0.15, 0.2) is 53.4 Å². The first kappa shape index (κ1) is 23.4. The largest absolute Gasteiger partial charge is 0.325 e. The number of nitrogens with zero attached hydrogens (tertiary/aromatic N) is 2. The van der Waals surface area contributed by atoms with Gasteiger partial charge in [0.25, 0.3) is 5.91 Å². The lowest BCUT2D eigenvalue weighted by molar-refractivity contribution is -0.133. The summed E-state index contributed by atoms with van der Waals surface area (Å²) in [5.74, 6) is -0.731. The van der Waals surface area contributed by atoms with Gasteiger partial charge in [-0.15, -0.1) is 11.8 Å². The van der Waals surface area contributed by atoms with Crippen molar-refractivity contribution in [2.45, 2.75) is 43.5 Å². The number of benzene rings is 2. The van der Waals surface area contributed by atoms with Gasteiger partial charge in [-0.1, -0.05) is 57.2 Å². The maximum atomic E-state index is 13.1. The van der Waals surface area contributed by atoms with Gasteiger partial charge in [-0.2, -0.15) is 5.26 Å². The molecule has 4 amide bonds. The maximum Gasteiger partial charge on any atom is 0.325 e. The molecule has 7 nitrogen and oxygen atoms in total. The summed E-state index contributed by atoms with van der Waals surface area (Å²) in [7, 11) is 0. The van der Waals surface area contributed by atoms with E-state index in [9.17, 15) is 14.4 Å². The van der Waals surface area contributed by atoms with Crippen LogP contribution >= 0.6 is 11.8 Å². The molecule has 2 aromatic rings. The number of hydrogen-bond donors (Lipinski definition) is 2. The highest BCUT2D eigenvalue weighted by molar-refractivity contribution is 7.99. The number of carbonyl (C=O) groups is 3. The van der Waals surface area contributed by atoms with Gasteiger partial charge in [0.05, 0.1) is 17.5 Å². The number of hydrogen-bond acceptors (Lipinski definition) is 5. The second-order valence-corrected chi connectivity index (χ2v) is 9.78. The molecule has 32 heavy (non-hydrogen) atoms. The summed E-state index contributed by atoms with van der Waals surface area (Å²) in [6.07, 6.45) is 0. The second-order valence-electron chi connectivity index (χ2n) is 8.76. The van der Waals surface area contributed by atoms with Gasteiger partial charge in [0.1, 0.15) is 12.1 Å². The summed E-state index contributed by atoms with van der Waals surface area (Å²) in [4.78, 5) is 40.0. The predicted octanol–water partition coefficient (Wildman–Crippen LogP) is 4.01. The highest BCUT2D eigenvalue weighted by Gasteiger charge is 2.49. The topological polar surface area (TPSA) is 102 Å². The van der Waals surface area contributed by atoms with Crippen LogP contribution in [-0.2, 0) is 20.5 Å². The van der Waals surface area contributed by atoms with Crippen molar-refractivity contribution >= 4 is 35.3 Å². The molecule has 1 unspecified atom stereocenters. The lowest BCUT2D eigenvalue weighted by Crippen LogP contribution is -2.42. The predicted molar refractivity (Wildman–Crippen MR) is 124 cm³/mol. The average Bonchev–Trinajstić information content (AvgIpc) is 2.96. The average molecular weight is 451 g/mol. The number of amides is 4. The van der Waals surface area contributed by atoms with Gasteiger partial charge in [-0.3, -0.25) is 14.5 Å². The Kier molecular flexibility index (Phi) is 6.60. The van der Waals surface area contributed by atoms with Crippen molar-refractivity contribution in [2.75, 3.05) is 17.6 Å². The summed E-state index contributed by atoms with van der Waals surface area (Å²) >= 11 is 1.30. The van der Waals surface area contributed by atoms with Crippen molar-refractivity contribution < 1.29 is 14.4 Å². The number of nitrogens with one attached hydrogen (secondary N) is 2. The smallest absolute Gasteiger partial charge is 0.324 e. The molecular weight excluding hydrogens is 424 g/mol. The van der Waals surface area contributed by atoms with Crippen LogP contribution < -0.4 is 10.6 Å². The second kappa shape index (κ2) is 9.05. The van der Waals surface area contributed by atoms with Crippen molar-refractivity contribution in [1.82, 2.24) is 10.2 Å². The third-order valence-corrected chi connectivity index (χ3v) is 6.30. The molecule has 0 saturated carbocycles.